The SMILES string of the molecule is CC1=[C-]COC1C(C)C.[C-]#[O+].[C-]#[O+].[C-]#[O+].[CH]1[CH][CH][CH][CH]1.[W+2]. The fourth-order valence-corrected chi connectivity index (χ4v) is 1.48. The van der Waals surface area contributed by atoms with Crippen LogP contribution in [0.3, 0.4) is 0 Å². The number of ether oxygens (including phenoxy) is 1. The van der Waals surface area contributed by atoms with Gasteiger partial charge in [-0.2, -0.15) is 0 Å². The summed E-state index contributed by atoms with van der Waals surface area (Å²) in [5.41, 5.74) is 1.27. The molecule has 0 bridgehead atoms. The minimum atomic E-state index is 0. The van der Waals surface area contributed by atoms with Gasteiger partial charge in [0.25, 0.3) is 0 Å². The maximum absolute atomic E-state index is 7.50. The van der Waals surface area contributed by atoms with E-state index in [0.29, 0.717) is 18.6 Å². The summed E-state index contributed by atoms with van der Waals surface area (Å²) in [7, 11) is 0. The summed E-state index contributed by atoms with van der Waals surface area (Å²) in [6.45, 7) is 20.6. The fraction of sp³-hybridized carbons (Fsp3) is 0.375. The van der Waals surface area contributed by atoms with Crippen LogP contribution in [0.2, 0.25) is 0 Å². The van der Waals surface area contributed by atoms with Crippen LogP contribution in [0.1, 0.15) is 20.8 Å². The Balaban J connectivity index is -0.000000104. The van der Waals surface area contributed by atoms with Gasteiger partial charge >= 0.3 is 55.0 Å². The second-order valence-electron chi connectivity index (χ2n) is 3.80. The predicted molar refractivity (Wildman–Crippen MR) is 70.3 cm³/mol. The molecule has 1 aliphatic carbocycles. The molecule has 0 spiro atoms. The van der Waals surface area contributed by atoms with E-state index >= 15 is 0 Å². The molecule has 111 valence electrons. The quantitative estimate of drug-likeness (QED) is 0.440. The summed E-state index contributed by atoms with van der Waals surface area (Å²) in [6, 6.07) is 0. The predicted octanol–water partition coefficient (Wildman–Crippen LogP) is 2.70. The molecule has 1 atom stereocenters. The molecule has 0 aromatic carbocycles. The molecule has 0 amide bonds. The number of rotatable bonds is 1. The molecule has 5 radical (unpaired) electrons. The van der Waals surface area contributed by atoms with E-state index in [0.717, 1.165) is 0 Å². The molecule has 1 aliphatic heterocycles. The van der Waals surface area contributed by atoms with Crippen LogP contribution < -0.4 is 0 Å². The Morgan fingerprint density at radius 3 is 1.48 bits per heavy atom. The number of hydrogen-bond acceptors (Lipinski definition) is 1. The molecule has 2 aliphatic rings. The molecule has 1 heterocycles. The topological polar surface area (TPSA) is 68.9 Å². The van der Waals surface area contributed by atoms with Crippen molar-refractivity contribution in [2.75, 3.05) is 6.61 Å². The Labute approximate surface area is 143 Å². The molecule has 0 aromatic rings. The zero-order valence-electron chi connectivity index (χ0n) is 12.3. The van der Waals surface area contributed by atoms with Crippen LogP contribution in [0.25, 0.3) is 0 Å². The Morgan fingerprint density at radius 1 is 1.00 bits per heavy atom. The molecule has 2 rings (SSSR count). The van der Waals surface area contributed by atoms with Crippen molar-refractivity contribution < 1.29 is 39.8 Å². The Bertz CT molecular complexity index is 267. The van der Waals surface area contributed by atoms with E-state index in [4.69, 9.17) is 18.7 Å². The molecular formula is C16H18O4W+. The average Bonchev–Trinajstić information content (AvgIpc) is 3.19. The van der Waals surface area contributed by atoms with Gasteiger partial charge in [0, 0.05) is 6.10 Å². The molecule has 1 saturated carbocycles. The Hall–Kier alpha value is -0.392. The van der Waals surface area contributed by atoms with Crippen LogP contribution in [0, 0.1) is 64.0 Å². The third kappa shape index (κ3) is 17.6. The van der Waals surface area contributed by atoms with E-state index in [2.05, 4.69) is 46.8 Å². The first-order valence-electron chi connectivity index (χ1n) is 5.68. The molecule has 0 saturated heterocycles. The van der Waals surface area contributed by atoms with E-state index in [1.165, 1.54) is 5.57 Å². The van der Waals surface area contributed by atoms with Crippen molar-refractivity contribution in [3.8, 4) is 0 Å². The summed E-state index contributed by atoms with van der Waals surface area (Å²) in [4.78, 5) is 0. The van der Waals surface area contributed by atoms with E-state index in [9.17, 15) is 0 Å². The summed E-state index contributed by atoms with van der Waals surface area (Å²) < 4.78 is 27.9. The largest absolute Gasteiger partial charge is 2.00 e. The summed E-state index contributed by atoms with van der Waals surface area (Å²) >= 11 is 0. The average molecular weight is 458 g/mol. The standard InChI is InChI=1S/C8H13O.C5H5.3CO.W/c1-6(2)8-7(3)4-5-9-8;1-2-4-5-3-1;3*1-2;/h6,8H,5H2,1-3H3;1-5H;;;;/q-1;;;;;+2. The van der Waals surface area contributed by atoms with Gasteiger partial charge in [-0.05, 0) is 38.0 Å². The normalized spacial score (nSPS) is 17.6. The van der Waals surface area contributed by atoms with Gasteiger partial charge in [0.2, 0.25) is 0 Å². The van der Waals surface area contributed by atoms with Crippen molar-refractivity contribution in [3.63, 3.8) is 0 Å². The van der Waals surface area contributed by atoms with E-state index in [1.54, 1.807) is 0 Å². The van der Waals surface area contributed by atoms with Gasteiger partial charge in [0.15, 0.2) is 0 Å². The summed E-state index contributed by atoms with van der Waals surface area (Å²) in [6.07, 6.45) is 13.5. The molecule has 4 nitrogen and oxygen atoms in total. The smallest absolute Gasteiger partial charge is 0.0312 e. The first-order chi connectivity index (χ1) is 9.72. The van der Waals surface area contributed by atoms with Crippen molar-refractivity contribution in [1.82, 2.24) is 0 Å². The van der Waals surface area contributed by atoms with Gasteiger partial charge in [-0.15, -0.1) is 0 Å². The molecule has 0 N–H and O–H groups in total. The zero-order chi connectivity index (χ0) is 16.4. The monoisotopic (exact) mass is 458 g/mol. The molecule has 0 aromatic heterocycles. The van der Waals surface area contributed by atoms with Gasteiger partial charge in [0.1, 0.15) is 0 Å². The second kappa shape index (κ2) is 24.6. The molecule has 1 unspecified atom stereocenters. The van der Waals surface area contributed by atoms with Gasteiger partial charge in [0.05, 0.1) is 0 Å². The van der Waals surface area contributed by atoms with E-state index < -0.39 is 0 Å². The maximum Gasteiger partial charge on any atom is 2.00 e. The summed E-state index contributed by atoms with van der Waals surface area (Å²) in [5, 5.41) is 0. The molecule has 5 heteroatoms. The number of hydrogen-bond donors (Lipinski definition) is 0. The third-order valence-electron chi connectivity index (χ3n) is 2.20. The van der Waals surface area contributed by atoms with Crippen LogP contribution >= 0.6 is 0 Å². The Kier molecular flexibility index (Phi) is 33.7. The van der Waals surface area contributed by atoms with Gasteiger partial charge in [-0.25, -0.2) is 5.57 Å². The van der Waals surface area contributed by atoms with Crippen molar-refractivity contribution in [2.24, 2.45) is 5.92 Å². The van der Waals surface area contributed by atoms with Gasteiger partial charge in [-0.3, -0.25) is 0 Å². The van der Waals surface area contributed by atoms with Gasteiger partial charge < -0.3 is 10.8 Å². The summed E-state index contributed by atoms with van der Waals surface area (Å²) in [5.74, 6) is 0.597. The van der Waals surface area contributed by atoms with Crippen molar-refractivity contribution in [3.05, 3.63) is 63.7 Å². The second-order valence-corrected chi connectivity index (χ2v) is 3.80. The minimum absolute atomic E-state index is 0. The fourth-order valence-electron chi connectivity index (χ4n) is 1.48. The van der Waals surface area contributed by atoms with E-state index in [-0.39, 0.29) is 21.1 Å². The van der Waals surface area contributed by atoms with Crippen LogP contribution in [-0.2, 0) is 39.8 Å². The van der Waals surface area contributed by atoms with Crippen LogP contribution in [-0.4, -0.2) is 12.7 Å². The van der Waals surface area contributed by atoms with Crippen LogP contribution in [0.4, 0.5) is 0 Å². The molecular weight excluding hydrogens is 440 g/mol. The van der Waals surface area contributed by atoms with Crippen molar-refractivity contribution >= 4 is 0 Å². The molecule has 21 heavy (non-hydrogen) atoms. The zero-order valence-corrected chi connectivity index (χ0v) is 15.2. The Morgan fingerprint density at radius 2 is 1.33 bits per heavy atom. The van der Waals surface area contributed by atoms with Gasteiger partial charge in [-0.1, -0.05) is 27.4 Å². The van der Waals surface area contributed by atoms with E-state index in [1.807, 2.05) is 32.1 Å². The van der Waals surface area contributed by atoms with Crippen LogP contribution in [0.5, 0.6) is 0 Å². The molecule has 1 fully saturated rings. The minimum Gasteiger partial charge on any atom is -0.0312 e. The van der Waals surface area contributed by atoms with Crippen molar-refractivity contribution in [1.29, 1.82) is 0 Å². The third-order valence-corrected chi connectivity index (χ3v) is 2.20. The maximum atomic E-state index is 7.50. The van der Waals surface area contributed by atoms with Crippen LogP contribution in [0.15, 0.2) is 5.57 Å². The van der Waals surface area contributed by atoms with Crippen molar-refractivity contribution in [2.45, 2.75) is 26.9 Å². The first kappa shape index (κ1) is 28.7. The first-order valence-corrected chi connectivity index (χ1v) is 5.68.